The molecular formula is C26H26F2N2O4. The Hall–Kier alpha value is -3.94. The molecule has 2 unspecified atom stereocenters. The van der Waals surface area contributed by atoms with Gasteiger partial charge in [-0.3, -0.25) is 9.59 Å². The summed E-state index contributed by atoms with van der Waals surface area (Å²) in [7, 11) is 2.76. The van der Waals surface area contributed by atoms with Gasteiger partial charge in [0.1, 0.15) is 0 Å². The van der Waals surface area contributed by atoms with Crippen LogP contribution in [0.4, 0.5) is 8.78 Å². The molecule has 2 atom stereocenters. The third-order valence-electron chi connectivity index (χ3n) is 5.46. The predicted molar refractivity (Wildman–Crippen MR) is 124 cm³/mol. The fourth-order valence-corrected chi connectivity index (χ4v) is 3.40. The molecule has 6 nitrogen and oxygen atoms in total. The Morgan fingerprint density at radius 3 is 1.32 bits per heavy atom. The second-order valence-electron chi connectivity index (χ2n) is 7.76. The van der Waals surface area contributed by atoms with Crippen molar-refractivity contribution >= 4 is 11.8 Å². The van der Waals surface area contributed by atoms with Gasteiger partial charge in [0, 0.05) is 11.1 Å². The zero-order valence-corrected chi connectivity index (χ0v) is 19.3. The normalized spacial score (nSPS) is 12.4. The van der Waals surface area contributed by atoms with E-state index in [1.165, 1.54) is 62.8 Å². The molecular weight excluding hydrogens is 442 g/mol. The molecule has 8 heteroatoms. The lowest BCUT2D eigenvalue weighted by Gasteiger charge is -2.16. The first kappa shape index (κ1) is 24.7. The van der Waals surface area contributed by atoms with E-state index in [1.807, 2.05) is 0 Å². The Morgan fingerprint density at radius 2 is 1.03 bits per heavy atom. The van der Waals surface area contributed by atoms with E-state index < -0.39 is 23.7 Å². The fourth-order valence-electron chi connectivity index (χ4n) is 3.40. The fraction of sp³-hybridized carbons (Fsp3) is 0.231. The van der Waals surface area contributed by atoms with Crippen molar-refractivity contribution < 1.29 is 27.8 Å². The number of carbonyl (C=O) groups is 2. The molecule has 0 saturated carbocycles. The van der Waals surface area contributed by atoms with Gasteiger partial charge < -0.3 is 20.1 Å². The van der Waals surface area contributed by atoms with Crippen LogP contribution < -0.4 is 20.1 Å². The third kappa shape index (κ3) is 5.70. The molecule has 0 radical (unpaired) electrons. The number of benzene rings is 3. The summed E-state index contributed by atoms with van der Waals surface area (Å²) in [6.45, 7) is 3.48. The van der Waals surface area contributed by atoms with Crippen molar-refractivity contribution in [3.8, 4) is 11.5 Å². The first-order valence-corrected chi connectivity index (χ1v) is 10.6. The van der Waals surface area contributed by atoms with Gasteiger partial charge in [-0.2, -0.15) is 0 Å². The molecule has 2 amide bonds. The minimum Gasteiger partial charge on any atom is -0.494 e. The van der Waals surface area contributed by atoms with E-state index in [0.717, 1.165) is 0 Å². The summed E-state index contributed by atoms with van der Waals surface area (Å²) in [5.74, 6) is -1.49. The van der Waals surface area contributed by atoms with Gasteiger partial charge in [0.2, 0.25) is 0 Å². The summed E-state index contributed by atoms with van der Waals surface area (Å²) in [5.41, 5.74) is 1.88. The Morgan fingerprint density at radius 1 is 0.676 bits per heavy atom. The van der Waals surface area contributed by atoms with Crippen molar-refractivity contribution in [1.82, 2.24) is 10.6 Å². The van der Waals surface area contributed by atoms with E-state index in [0.29, 0.717) is 22.3 Å². The maximum atomic E-state index is 13.9. The third-order valence-corrected chi connectivity index (χ3v) is 5.46. The first-order valence-electron chi connectivity index (χ1n) is 10.6. The minimum absolute atomic E-state index is 0.127. The van der Waals surface area contributed by atoms with Crippen LogP contribution in [0, 0.1) is 11.6 Å². The molecule has 0 heterocycles. The van der Waals surface area contributed by atoms with E-state index >= 15 is 0 Å². The number of halogens is 2. The van der Waals surface area contributed by atoms with Gasteiger partial charge in [-0.05, 0) is 73.5 Å². The van der Waals surface area contributed by atoms with E-state index in [4.69, 9.17) is 9.47 Å². The van der Waals surface area contributed by atoms with E-state index in [9.17, 15) is 18.4 Å². The summed E-state index contributed by atoms with van der Waals surface area (Å²) >= 11 is 0. The Kier molecular flexibility index (Phi) is 7.83. The molecule has 0 spiro atoms. The summed E-state index contributed by atoms with van der Waals surface area (Å²) in [5, 5.41) is 5.60. The van der Waals surface area contributed by atoms with Gasteiger partial charge in [0.05, 0.1) is 26.3 Å². The van der Waals surface area contributed by atoms with Crippen molar-refractivity contribution in [2.75, 3.05) is 14.2 Å². The molecule has 3 rings (SSSR count). The van der Waals surface area contributed by atoms with Gasteiger partial charge in [0.25, 0.3) is 11.8 Å². The number of carbonyl (C=O) groups excluding carboxylic acids is 2. The summed E-state index contributed by atoms with van der Waals surface area (Å²) in [6, 6.07) is 14.2. The number of methoxy groups -OCH3 is 2. The van der Waals surface area contributed by atoms with Crippen molar-refractivity contribution in [3.05, 3.63) is 94.6 Å². The van der Waals surface area contributed by atoms with Crippen LogP contribution in [0.3, 0.4) is 0 Å². The van der Waals surface area contributed by atoms with Crippen LogP contribution in [0.5, 0.6) is 11.5 Å². The maximum absolute atomic E-state index is 13.9. The monoisotopic (exact) mass is 468 g/mol. The van der Waals surface area contributed by atoms with Crippen LogP contribution >= 0.6 is 0 Å². The Labute approximate surface area is 196 Å². The molecule has 0 aromatic heterocycles. The molecule has 0 saturated heterocycles. The van der Waals surface area contributed by atoms with E-state index in [2.05, 4.69) is 10.6 Å². The highest BCUT2D eigenvalue weighted by molar-refractivity contribution is 5.98. The number of hydrogen-bond acceptors (Lipinski definition) is 4. The highest BCUT2D eigenvalue weighted by Gasteiger charge is 2.16. The summed E-state index contributed by atoms with van der Waals surface area (Å²) < 4.78 is 37.7. The average Bonchev–Trinajstić information content (AvgIpc) is 2.83. The number of amides is 2. The Bertz CT molecular complexity index is 1090. The lowest BCUT2D eigenvalue weighted by atomic mass is 10.1. The zero-order chi connectivity index (χ0) is 24.8. The average molecular weight is 469 g/mol. The molecule has 0 fully saturated rings. The number of nitrogens with one attached hydrogen (secondary N) is 2. The highest BCUT2D eigenvalue weighted by Crippen LogP contribution is 2.23. The number of ether oxygens (including phenoxy) is 2. The molecule has 3 aromatic rings. The first-order chi connectivity index (χ1) is 16.2. The molecule has 178 valence electrons. The topological polar surface area (TPSA) is 76.7 Å². The molecule has 0 aliphatic rings. The summed E-state index contributed by atoms with van der Waals surface area (Å²) in [4.78, 5) is 25.2. The van der Waals surface area contributed by atoms with Crippen LogP contribution in [-0.2, 0) is 0 Å². The zero-order valence-electron chi connectivity index (χ0n) is 19.3. The molecule has 0 aliphatic carbocycles. The highest BCUT2D eigenvalue weighted by atomic mass is 19.1. The largest absolute Gasteiger partial charge is 0.494 e. The smallest absolute Gasteiger partial charge is 0.251 e. The number of hydrogen-bond donors (Lipinski definition) is 2. The van der Waals surface area contributed by atoms with E-state index in [1.54, 1.807) is 26.0 Å². The van der Waals surface area contributed by atoms with Gasteiger partial charge in [0.15, 0.2) is 23.1 Å². The van der Waals surface area contributed by atoms with Crippen LogP contribution in [-0.4, -0.2) is 26.0 Å². The molecule has 34 heavy (non-hydrogen) atoms. The van der Waals surface area contributed by atoms with Gasteiger partial charge in [-0.25, -0.2) is 8.78 Å². The van der Waals surface area contributed by atoms with Crippen molar-refractivity contribution in [2.24, 2.45) is 0 Å². The molecule has 0 aliphatic heterocycles. The number of rotatable bonds is 8. The van der Waals surface area contributed by atoms with E-state index in [-0.39, 0.29) is 23.3 Å². The standard InChI is InChI=1S/C26H26F2N2O4/c1-15(19-9-11-23(33-3)21(27)13-19)29-25(31)17-5-7-18(8-6-17)26(32)30-16(2)20-10-12-24(34-4)22(28)14-20/h5-16H,1-4H3,(H,29,31)(H,30,32). The second kappa shape index (κ2) is 10.8. The predicted octanol–water partition coefficient (Wildman–Crippen LogP) is 4.96. The second-order valence-corrected chi connectivity index (χ2v) is 7.76. The van der Waals surface area contributed by atoms with Crippen LogP contribution in [0.2, 0.25) is 0 Å². The van der Waals surface area contributed by atoms with Crippen molar-refractivity contribution in [3.63, 3.8) is 0 Å². The SMILES string of the molecule is COc1ccc(C(C)NC(=O)c2ccc(C(=O)NC(C)c3ccc(OC)c(F)c3)cc2)cc1F. The quantitative estimate of drug-likeness (QED) is 0.490. The van der Waals surface area contributed by atoms with Crippen LogP contribution in [0.25, 0.3) is 0 Å². The van der Waals surface area contributed by atoms with Gasteiger partial charge >= 0.3 is 0 Å². The Balaban J connectivity index is 1.62. The van der Waals surface area contributed by atoms with Crippen molar-refractivity contribution in [1.29, 1.82) is 0 Å². The lowest BCUT2D eigenvalue weighted by Crippen LogP contribution is -2.28. The summed E-state index contributed by atoms with van der Waals surface area (Å²) in [6.07, 6.45) is 0. The van der Waals surface area contributed by atoms with Gasteiger partial charge in [-0.1, -0.05) is 12.1 Å². The van der Waals surface area contributed by atoms with Crippen LogP contribution in [0.1, 0.15) is 57.8 Å². The van der Waals surface area contributed by atoms with Crippen LogP contribution in [0.15, 0.2) is 60.7 Å². The van der Waals surface area contributed by atoms with Gasteiger partial charge in [-0.15, -0.1) is 0 Å². The lowest BCUT2D eigenvalue weighted by molar-refractivity contribution is 0.0927. The maximum Gasteiger partial charge on any atom is 0.251 e. The van der Waals surface area contributed by atoms with Crippen molar-refractivity contribution in [2.45, 2.75) is 25.9 Å². The molecule has 0 bridgehead atoms. The molecule has 2 N–H and O–H groups in total. The minimum atomic E-state index is -0.511. The molecule has 3 aromatic carbocycles.